The highest BCUT2D eigenvalue weighted by Crippen LogP contribution is 2.19. The third kappa shape index (κ3) is 2.65. The van der Waals surface area contributed by atoms with Crippen molar-refractivity contribution in [1.29, 1.82) is 0 Å². The highest BCUT2D eigenvalue weighted by Gasteiger charge is 2.09. The molecular weight excluding hydrogens is 266 g/mol. The number of nitrogens with one attached hydrogen (secondary N) is 2. The van der Waals surface area contributed by atoms with Crippen LogP contribution in [-0.2, 0) is 0 Å². The van der Waals surface area contributed by atoms with E-state index in [1.54, 1.807) is 24.9 Å². The Morgan fingerprint density at radius 3 is 3.21 bits per heavy atom. The number of thioether (sulfide) groups is 1. The predicted octanol–water partition coefficient (Wildman–Crippen LogP) is 1.25. The van der Waals surface area contributed by atoms with E-state index in [-0.39, 0.29) is 0 Å². The van der Waals surface area contributed by atoms with Gasteiger partial charge in [-0.3, -0.25) is 0 Å². The van der Waals surface area contributed by atoms with Crippen molar-refractivity contribution < 1.29 is 4.42 Å². The molecule has 0 bridgehead atoms. The molecular formula is C10H11N7OS. The van der Waals surface area contributed by atoms with Crippen LogP contribution < -0.4 is 5.32 Å². The minimum Gasteiger partial charge on any atom is -0.422 e. The number of H-pyrrole nitrogens is 1. The molecule has 0 fully saturated rings. The molecule has 0 atom stereocenters. The number of hydrogen-bond acceptors (Lipinski definition) is 8. The molecule has 98 valence electrons. The van der Waals surface area contributed by atoms with Gasteiger partial charge in [-0.15, -0.1) is 16.9 Å². The lowest BCUT2D eigenvalue weighted by atomic mass is 10.5. The third-order valence-electron chi connectivity index (χ3n) is 2.34. The molecule has 0 radical (unpaired) electrons. The van der Waals surface area contributed by atoms with E-state index >= 15 is 0 Å². The molecule has 19 heavy (non-hydrogen) atoms. The van der Waals surface area contributed by atoms with Crippen LogP contribution in [0.2, 0.25) is 0 Å². The van der Waals surface area contributed by atoms with Gasteiger partial charge in [-0.05, 0) is 0 Å². The molecule has 3 heterocycles. The summed E-state index contributed by atoms with van der Waals surface area (Å²) in [6.45, 7) is 2.52. The smallest absolute Gasteiger partial charge is 0.252 e. The fourth-order valence-electron chi connectivity index (χ4n) is 1.57. The van der Waals surface area contributed by atoms with Gasteiger partial charge in [-0.2, -0.15) is 15.3 Å². The Kier molecular flexibility index (Phi) is 3.27. The van der Waals surface area contributed by atoms with Crippen LogP contribution in [0.3, 0.4) is 0 Å². The summed E-state index contributed by atoms with van der Waals surface area (Å²) in [5, 5.41) is 14.4. The second kappa shape index (κ2) is 5.22. The normalized spacial score (nSPS) is 11.0. The lowest BCUT2D eigenvalue weighted by Gasteiger charge is -2.03. The van der Waals surface area contributed by atoms with Crippen LogP contribution in [0.1, 0.15) is 5.89 Å². The van der Waals surface area contributed by atoms with Gasteiger partial charge in [0, 0.05) is 19.2 Å². The summed E-state index contributed by atoms with van der Waals surface area (Å²) in [6.07, 6.45) is 3.15. The van der Waals surface area contributed by atoms with E-state index in [1.807, 2.05) is 0 Å². The maximum Gasteiger partial charge on any atom is 0.252 e. The Hall–Kier alpha value is -2.16. The van der Waals surface area contributed by atoms with Gasteiger partial charge >= 0.3 is 0 Å². The van der Waals surface area contributed by atoms with Crippen LogP contribution in [0.4, 0.5) is 5.82 Å². The number of aromatic amines is 1. The first-order valence-electron chi connectivity index (χ1n) is 5.63. The summed E-state index contributed by atoms with van der Waals surface area (Å²) < 4.78 is 5.34. The zero-order valence-electron chi connectivity index (χ0n) is 10.1. The summed E-state index contributed by atoms with van der Waals surface area (Å²) in [5.74, 6) is 2.10. The van der Waals surface area contributed by atoms with Crippen LogP contribution in [0.15, 0.2) is 22.0 Å². The standard InChI is InChI=1S/C10H11N7OS/c1-6-15-8-9(12-5-13-10(8)18-6)11-2-3-19-7-4-14-17-16-7/h4-5H,2-3H2,1H3,(H,11,12,13)(H,14,16,17). The summed E-state index contributed by atoms with van der Waals surface area (Å²) in [4.78, 5) is 12.4. The molecule has 0 aromatic carbocycles. The average molecular weight is 277 g/mol. The van der Waals surface area contributed by atoms with Crippen molar-refractivity contribution in [2.75, 3.05) is 17.6 Å². The number of anilines is 1. The van der Waals surface area contributed by atoms with Gasteiger partial charge in [0.2, 0.25) is 0 Å². The zero-order valence-corrected chi connectivity index (χ0v) is 10.9. The third-order valence-corrected chi connectivity index (χ3v) is 3.24. The summed E-state index contributed by atoms with van der Waals surface area (Å²) in [7, 11) is 0. The Morgan fingerprint density at radius 2 is 2.37 bits per heavy atom. The number of nitrogens with zero attached hydrogens (tertiary/aromatic N) is 5. The SMILES string of the molecule is Cc1nc2c(NCCSc3cn[nH]n3)ncnc2o1. The summed E-state index contributed by atoms with van der Waals surface area (Å²) in [6, 6.07) is 0. The first kappa shape index (κ1) is 11.9. The second-order valence-electron chi connectivity index (χ2n) is 3.69. The van der Waals surface area contributed by atoms with Crippen molar-refractivity contribution >= 4 is 28.8 Å². The van der Waals surface area contributed by atoms with Crippen LogP contribution in [0.25, 0.3) is 11.2 Å². The number of aromatic nitrogens is 6. The molecule has 3 aromatic heterocycles. The Balaban J connectivity index is 1.62. The van der Waals surface area contributed by atoms with Crippen LogP contribution in [0.5, 0.6) is 0 Å². The van der Waals surface area contributed by atoms with Gasteiger partial charge in [-0.1, -0.05) is 0 Å². The van der Waals surface area contributed by atoms with E-state index in [2.05, 4.69) is 35.7 Å². The molecule has 3 rings (SSSR count). The van der Waals surface area contributed by atoms with Gasteiger partial charge in [0.25, 0.3) is 5.71 Å². The molecule has 0 aliphatic carbocycles. The van der Waals surface area contributed by atoms with E-state index < -0.39 is 0 Å². The lowest BCUT2D eigenvalue weighted by molar-refractivity contribution is 0.551. The summed E-state index contributed by atoms with van der Waals surface area (Å²) in [5.41, 5.74) is 1.16. The van der Waals surface area contributed by atoms with Crippen molar-refractivity contribution in [3.05, 3.63) is 18.4 Å². The van der Waals surface area contributed by atoms with Crippen LogP contribution in [0, 0.1) is 6.92 Å². The molecule has 0 saturated heterocycles. The number of rotatable bonds is 5. The van der Waals surface area contributed by atoms with Crippen LogP contribution in [-0.4, -0.2) is 42.7 Å². The first-order valence-corrected chi connectivity index (χ1v) is 6.62. The molecule has 2 N–H and O–H groups in total. The fraction of sp³-hybridized carbons (Fsp3) is 0.300. The topological polar surface area (TPSA) is 105 Å². The van der Waals surface area contributed by atoms with E-state index in [0.717, 1.165) is 17.3 Å². The second-order valence-corrected chi connectivity index (χ2v) is 4.81. The molecule has 0 amide bonds. The van der Waals surface area contributed by atoms with Crippen LogP contribution >= 0.6 is 11.8 Å². The number of fused-ring (bicyclic) bond motifs is 1. The van der Waals surface area contributed by atoms with Crippen molar-refractivity contribution in [1.82, 2.24) is 30.4 Å². The number of oxazole rings is 1. The minimum atomic E-state index is 0.499. The van der Waals surface area contributed by atoms with Crippen molar-refractivity contribution in [3.63, 3.8) is 0 Å². The van der Waals surface area contributed by atoms with Gasteiger partial charge in [0.15, 0.2) is 17.2 Å². The first-order chi connectivity index (χ1) is 9.33. The average Bonchev–Trinajstić information content (AvgIpc) is 3.02. The van der Waals surface area contributed by atoms with E-state index in [1.165, 1.54) is 6.33 Å². The molecule has 0 unspecified atom stereocenters. The molecule has 9 heteroatoms. The van der Waals surface area contributed by atoms with Gasteiger partial charge in [0.1, 0.15) is 11.4 Å². The molecule has 3 aromatic rings. The highest BCUT2D eigenvalue weighted by atomic mass is 32.2. The predicted molar refractivity (Wildman–Crippen MR) is 69.9 cm³/mol. The molecule has 0 spiro atoms. The maximum absolute atomic E-state index is 5.34. The largest absolute Gasteiger partial charge is 0.422 e. The zero-order chi connectivity index (χ0) is 13.1. The quantitative estimate of drug-likeness (QED) is 0.530. The van der Waals surface area contributed by atoms with Crippen molar-refractivity contribution in [2.24, 2.45) is 0 Å². The summed E-state index contributed by atoms with van der Waals surface area (Å²) >= 11 is 1.60. The van der Waals surface area contributed by atoms with Crippen molar-refractivity contribution in [2.45, 2.75) is 11.9 Å². The highest BCUT2D eigenvalue weighted by molar-refractivity contribution is 7.99. The number of hydrogen-bond donors (Lipinski definition) is 2. The van der Waals surface area contributed by atoms with Gasteiger partial charge in [-0.25, -0.2) is 9.97 Å². The van der Waals surface area contributed by atoms with E-state index in [0.29, 0.717) is 22.9 Å². The van der Waals surface area contributed by atoms with Gasteiger partial charge in [0.05, 0.1) is 6.20 Å². The Morgan fingerprint density at radius 1 is 1.42 bits per heavy atom. The molecule has 0 aliphatic heterocycles. The monoisotopic (exact) mass is 277 g/mol. The van der Waals surface area contributed by atoms with E-state index in [9.17, 15) is 0 Å². The van der Waals surface area contributed by atoms with E-state index in [4.69, 9.17) is 4.42 Å². The molecule has 0 saturated carbocycles. The lowest BCUT2D eigenvalue weighted by Crippen LogP contribution is -2.06. The maximum atomic E-state index is 5.34. The Labute approximate surface area is 112 Å². The fourth-order valence-corrected chi connectivity index (χ4v) is 2.22. The van der Waals surface area contributed by atoms with Crippen molar-refractivity contribution in [3.8, 4) is 0 Å². The number of aryl methyl sites for hydroxylation is 1. The minimum absolute atomic E-state index is 0.499. The molecule has 0 aliphatic rings. The van der Waals surface area contributed by atoms with Gasteiger partial charge < -0.3 is 9.73 Å². The molecule has 8 nitrogen and oxygen atoms in total. The Bertz CT molecular complexity index is 666.